The average molecular weight is 383 g/mol. The van der Waals surface area contributed by atoms with Crippen molar-refractivity contribution >= 4 is 34.6 Å². The molecule has 0 saturated carbocycles. The van der Waals surface area contributed by atoms with Crippen molar-refractivity contribution in [3.63, 3.8) is 0 Å². The van der Waals surface area contributed by atoms with Crippen LogP contribution in [0.2, 0.25) is 5.02 Å². The molecule has 3 aromatic rings. The van der Waals surface area contributed by atoms with Crippen LogP contribution < -0.4 is 5.32 Å². The van der Waals surface area contributed by atoms with Gasteiger partial charge in [0.05, 0.1) is 23.3 Å². The zero-order chi connectivity index (χ0) is 18.8. The number of rotatable bonds is 4. The first-order chi connectivity index (χ1) is 13.1. The number of carbonyl (C=O) groups excluding carboxylic acids is 2. The third-order valence-corrected chi connectivity index (χ3v) is 4.48. The standard InChI is InChI=1S/C20H15ClN2O4/c21-13-7-5-12(6-8-13)18-9-16(15-3-1-2-4-17(15)23-18)19(24)26-11-14-10-22-20(25)27-14/h1-9,14H,10-11H2,(H,22,25). The van der Waals surface area contributed by atoms with Gasteiger partial charge in [-0.05, 0) is 24.3 Å². The van der Waals surface area contributed by atoms with Gasteiger partial charge in [-0.2, -0.15) is 0 Å². The van der Waals surface area contributed by atoms with Crippen molar-refractivity contribution in [3.8, 4) is 11.3 Å². The number of nitrogens with zero attached hydrogens (tertiary/aromatic N) is 1. The lowest BCUT2D eigenvalue weighted by Gasteiger charge is -2.12. The predicted octanol–water partition coefficient (Wildman–Crippen LogP) is 3.82. The second-order valence-corrected chi connectivity index (χ2v) is 6.52. The first-order valence-corrected chi connectivity index (χ1v) is 8.75. The molecule has 2 aromatic carbocycles. The van der Waals surface area contributed by atoms with E-state index in [1.807, 2.05) is 36.4 Å². The van der Waals surface area contributed by atoms with Gasteiger partial charge < -0.3 is 14.8 Å². The smallest absolute Gasteiger partial charge is 0.407 e. The molecule has 1 amide bonds. The number of cyclic esters (lactones) is 1. The third kappa shape index (κ3) is 3.71. The van der Waals surface area contributed by atoms with Crippen LogP contribution in [0.1, 0.15) is 10.4 Å². The van der Waals surface area contributed by atoms with Crippen molar-refractivity contribution in [3.05, 3.63) is 65.2 Å². The van der Waals surface area contributed by atoms with Gasteiger partial charge in [0.2, 0.25) is 0 Å². The Balaban J connectivity index is 1.66. The normalized spacial score (nSPS) is 16.0. The van der Waals surface area contributed by atoms with Crippen molar-refractivity contribution in [1.29, 1.82) is 0 Å². The maximum atomic E-state index is 12.7. The van der Waals surface area contributed by atoms with Gasteiger partial charge in [-0.25, -0.2) is 14.6 Å². The van der Waals surface area contributed by atoms with Crippen molar-refractivity contribution in [1.82, 2.24) is 10.3 Å². The van der Waals surface area contributed by atoms with Crippen LogP contribution in [0, 0.1) is 0 Å². The summed E-state index contributed by atoms with van der Waals surface area (Å²) in [6.45, 7) is 0.309. The Morgan fingerprint density at radius 3 is 2.74 bits per heavy atom. The zero-order valence-electron chi connectivity index (χ0n) is 14.1. The van der Waals surface area contributed by atoms with Crippen LogP contribution in [0.4, 0.5) is 4.79 Å². The van der Waals surface area contributed by atoms with Crippen LogP contribution in [0.25, 0.3) is 22.2 Å². The summed E-state index contributed by atoms with van der Waals surface area (Å²) in [5, 5.41) is 3.84. The van der Waals surface area contributed by atoms with E-state index in [4.69, 9.17) is 21.1 Å². The fourth-order valence-corrected chi connectivity index (χ4v) is 3.01. The molecule has 7 heteroatoms. The Morgan fingerprint density at radius 2 is 2.00 bits per heavy atom. The lowest BCUT2D eigenvalue weighted by molar-refractivity contribution is 0.0302. The van der Waals surface area contributed by atoms with Gasteiger partial charge in [-0.3, -0.25) is 0 Å². The number of hydrogen-bond donors (Lipinski definition) is 1. The van der Waals surface area contributed by atoms with E-state index >= 15 is 0 Å². The summed E-state index contributed by atoms with van der Waals surface area (Å²) in [5.74, 6) is -0.494. The monoisotopic (exact) mass is 382 g/mol. The molecule has 1 saturated heterocycles. The first kappa shape index (κ1) is 17.3. The van der Waals surface area contributed by atoms with Crippen molar-refractivity contribution in [2.24, 2.45) is 0 Å². The number of halogens is 1. The van der Waals surface area contributed by atoms with Crippen molar-refractivity contribution in [2.45, 2.75) is 6.10 Å². The highest BCUT2D eigenvalue weighted by molar-refractivity contribution is 6.30. The van der Waals surface area contributed by atoms with E-state index in [9.17, 15) is 9.59 Å². The minimum Gasteiger partial charge on any atom is -0.458 e. The molecule has 1 aliphatic heterocycles. The van der Waals surface area contributed by atoms with Crippen molar-refractivity contribution in [2.75, 3.05) is 13.2 Å². The highest BCUT2D eigenvalue weighted by atomic mass is 35.5. The number of amides is 1. The molecule has 27 heavy (non-hydrogen) atoms. The summed E-state index contributed by atoms with van der Waals surface area (Å²) < 4.78 is 10.4. The SMILES string of the molecule is O=C1NCC(COC(=O)c2cc(-c3ccc(Cl)cc3)nc3ccccc23)O1. The minimum absolute atomic E-state index is 0.00942. The number of ether oxygens (including phenoxy) is 2. The largest absolute Gasteiger partial charge is 0.458 e. The van der Waals surface area contributed by atoms with E-state index in [1.54, 1.807) is 18.2 Å². The van der Waals surface area contributed by atoms with Crippen LogP contribution in [-0.4, -0.2) is 36.3 Å². The number of nitrogens with one attached hydrogen (secondary N) is 1. The van der Waals surface area contributed by atoms with E-state index in [0.717, 1.165) is 5.56 Å². The molecule has 0 bridgehead atoms. The molecule has 1 aliphatic rings. The van der Waals surface area contributed by atoms with Crippen LogP contribution in [0.5, 0.6) is 0 Å². The lowest BCUT2D eigenvalue weighted by Crippen LogP contribution is -2.22. The summed E-state index contributed by atoms with van der Waals surface area (Å²) in [7, 11) is 0. The van der Waals surface area contributed by atoms with Crippen LogP contribution in [0.15, 0.2) is 54.6 Å². The Labute approximate surface area is 160 Å². The van der Waals surface area contributed by atoms with Gasteiger partial charge >= 0.3 is 12.1 Å². The average Bonchev–Trinajstić information content (AvgIpc) is 3.11. The van der Waals surface area contributed by atoms with Gasteiger partial charge in [0.15, 0.2) is 6.10 Å². The van der Waals surface area contributed by atoms with E-state index in [2.05, 4.69) is 10.3 Å². The highest BCUT2D eigenvalue weighted by Gasteiger charge is 2.24. The fraction of sp³-hybridized carbons (Fsp3) is 0.150. The second-order valence-electron chi connectivity index (χ2n) is 6.09. The maximum Gasteiger partial charge on any atom is 0.407 e. The van der Waals surface area contributed by atoms with Gasteiger partial charge in [0.1, 0.15) is 6.61 Å². The Bertz CT molecular complexity index is 1020. The number of aromatic nitrogens is 1. The predicted molar refractivity (Wildman–Crippen MR) is 101 cm³/mol. The molecule has 6 nitrogen and oxygen atoms in total. The molecule has 0 spiro atoms. The third-order valence-electron chi connectivity index (χ3n) is 4.22. The van der Waals surface area contributed by atoms with E-state index in [0.29, 0.717) is 33.7 Å². The highest BCUT2D eigenvalue weighted by Crippen LogP contribution is 2.26. The molecule has 1 atom stereocenters. The molecule has 4 rings (SSSR count). The number of esters is 1. The molecule has 136 valence electrons. The number of pyridine rings is 1. The number of fused-ring (bicyclic) bond motifs is 1. The van der Waals surface area contributed by atoms with Gasteiger partial charge in [-0.15, -0.1) is 0 Å². The van der Waals surface area contributed by atoms with E-state index in [1.165, 1.54) is 0 Å². The molecular formula is C20H15ClN2O4. The first-order valence-electron chi connectivity index (χ1n) is 8.37. The minimum atomic E-state index is -0.504. The summed E-state index contributed by atoms with van der Waals surface area (Å²) in [6.07, 6.45) is -0.985. The Kier molecular flexibility index (Phi) is 4.64. The van der Waals surface area contributed by atoms with Crippen LogP contribution in [-0.2, 0) is 9.47 Å². The van der Waals surface area contributed by atoms with Crippen LogP contribution >= 0.6 is 11.6 Å². The maximum absolute atomic E-state index is 12.7. The zero-order valence-corrected chi connectivity index (χ0v) is 14.9. The molecule has 1 aromatic heterocycles. The quantitative estimate of drug-likeness (QED) is 0.694. The van der Waals surface area contributed by atoms with E-state index < -0.39 is 18.2 Å². The molecule has 1 N–H and O–H groups in total. The molecule has 1 fully saturated rings. The fourth-order valence-electron chi connectivity index (χ4n) is 2.88. The molecule has 2 heterocycles. The summed E-state index contributed by atoms with van der Waals surface area (Å²) in [4.78, 5) is 28.4. The van der Waals surface area contributed by atoms with Gasteiger partial charge in [-0.1, -0.05) is 41.9 Å². The number of para-hydroxylation sites is 1. The second kappa shape index (κ2) is 7.25. The Morgan fingerprint density at radius 1 is 1.22 bits per heavy atom. The number of alkyl carbamates (subject to hydrolysis) is 1. The molecule has 0 aliphatic carbocycles. The van der Waals surface area contributed by atoms with E-state index in [-0.39, 0.29) is 6.61 Å². The lowest BCUT2D eigenvalue weighted by atomic mass is 10.0. The summed E-state index contributed by atoms with van der Waals surface area (Å²) in [5.41, 5.74) is 2.58. The number of benzene rings is 2. The number of hydrogen-bond acceptors (Lipinski definition) is 5. The van der Waals surface area contributed by atoms with Crippen LogP contribution in [0.3, 0.4) is 0 Å². The molecule has 1 unspecified atom stereocenters. The topological polar surface area (TPSA) is 77.5 Å². The summed E-state index contributed by atoms with van der Waals surface area (Å²) in [6, 6.07) is 16.3. The summed E-state index contributed by atoms with van der Waals surface area (Å²) >= 11 is 5.95. The van der Waals surface area contributed by atoms with Gasteiger partial charge in [0, 0.05) is 16.0 Å². The number of carbonyl (C=O) groups is 2. The van der Waals surface area contributed by atoms with Gasteiger partial charge in [0.25, 0.3) is 0 Å². The Hall–Kier alpha value is -3.12. The molecule has 0 radical (unpaired) electrons. The van der Waals surface area contributed by atoms with Crippen molar-refractivity contribution < 1.29 is 19.1 Å². The molecular weight excluding hydrogens is 368 g/mol.